The van der Waals surface area contributed by atoms with Gasteiger partial charge in [-0.15, -0.1) is 0 Å². The Balaban J connectivity index is 1.66. The Morgan fingerprint density at radius 3 is 1.88 bits per heavy atom. The molecule has 210 valence electrons. The van der Waals surface area contributed by atoms with Crippen molar-refractivity contribution in [3.05, 3.63) is 138 Å². The number of hydrogen-bond donors (Lipinski definition) is 1. The smallest absolute Gasteiger partial charge is 0.377 e. The van der Waals surface area contributed by atoms with Gasteiger partial charge in [-0.2, -0.15) is 0 Å². The lowest BCUT2D eigenvalue weighted by molar-refractivity contribution is 0.207. The molecular formula is C34H36BF2NO2Si. The Morgan fingerprint density at radius 2 is 1.37 bits per heavy atom. The Kier molecular flexibility index (Phi) is 8.43. The highest BCUT2D eigenvalue weighted by molar-refractivity contribution is 6.99. The molecule has 0 saturated heterocycles. The van der Waals surface area contributed by atoms with Gasteiger partial charge in [-0.3, -0.25) is 4.81 Å². The Morgan fingerprint density at radius 1 is 0.829 bits per heavy atom. The SMILES string of the molecule is CB(O)N1C(CO[Si](c2ccccc2)(c2ccccc2)C(C)(C)C)C(c2cc(F)ccc2F)=CC1c1ccccc1. The van der Waals surface area contributed by atoms with Crippen molar-refractivity contribution < 1.29 is 18.2 Å². The summed E-state index contributed by atoms with van der Waals surface area (Å²) in [4.78, 5) is 1.94. The molecule has 0 aliphatic carbocycles. The minimum absolute atomic E-state index is 0.184. The third-order valence-corrected chi connectivity index (χ3v) is 13.1. The van der Waals surface area contributed by atoms with E-state index in [-0.39, 0.29) is 23.3 Å². The molecule has 2 atom stereocenters. The normalized spacial score (nSPS) is 17.9. The molecule has 2 unspecified atom stereocenters. The zero-order valence-corrected chi connectivity index (χ0v) is 25.0. The van der Waals surface area contributed by atoms with Crippen LogP contribution in [0.5, 0.6) is 0 Å². The number of hydrogen-bond acceptors (Lipinski definition) is 3. The minimum Gasteiger partial charge on any atom is -0.437 e. The predicted octanol–water partition coefficient (Wildman–Crippen LogP) is 6.46. The first-order valence-electron chi connectivity index (χ1n) is 14.1. The van der Waals surface area contributed by atoms with Gasteiger partial charge in [0.05, 0.1) is 12.6 Å². The first-order chi connectivity index (χ1) is 19.6. The highest BCUT2D eigenvalue weighted by Gasteiger charge is 2.51. The first-order valence-corrected chi connectivity index (χ1v) is 16.0. The van der Waals surface area contributed by atoms with Crippen molar-refractivity contribution in [1.29, 1.82) is 0 Å². The minimum atomic E-state index is -2.94. The molecule has 0 radical (unpaired) electrons. The zero-order valence-electron chi connectivity index (χ0n) is 24.0. The lowest BCUT2D eigenvalue weighted by Gasteiger charge is -2.44. The fourth-order valence-electron chi connectivity index (χ4n) is 6.26. The second kappa shape index (κ2) is 11.9. The van der Waals surface area contributed by atoms with Gasteiger partial charge in [0.1, 0.15) is 11.6 Å². The molecule has 1 N–H and O–H groups in total. The van der Waals surface area contributed by atoms with Gasteiger partial charge in [0, 0.05) is 11.6 Å². The maximum absolute atomic E-state index is 15.3. The molecular weight excluding hydrogens is 531 g/mol. The van der Waals surface area contributed by atoms with Gasteiger partial charge in [0.15, 0.2) is 0 Å². The summed E-state index contributed by atoms with van der Waals surface area (Å²) in [6.45, 7) is 8.51. The largest absolute Gasteiger partial charge is 0.437 e. The number of nitrogens with zero attached hydrogens (tertiary/aromatic N) is 1. The van der Waals surface area contributed by atoms with Gasteiger partial charge in [-0.1, -0.05) is 118 Å². The average molecular weight is 568 g/mol. The summed E-state index contributed by atoms with van der Waals surface area (Å²) in [6.07, 6.45) is 1.94. The van der Waals surface area contributed by atoms with Crippen LogP contribution in [-0.2, 0) is 4.43 Å². The lowest BCUT2D eigenvalue weighted by Crippen LogP contribution is -2.67. The molecule has 0 fully saturated rings. The van der Waals surface area contributed by atoms with E-state index >= 15 is 4.39 Å². The van der Waals surface area contributed by atoms with Gasteiger partial charge >= 0.3 is 7.05 Å². The molecule has 0 amide bonds. The van der Waals surface area contributed by atoms with Crippen LogP contribution in [0.1, 0.15) is 37.9 Å². The number of benzene rings is 4. The van der Waals surface area contributed by atoms with Crippen molar-refractivity contribution in [3.63, 3.8) is 0 Å². The maximum atomic E-state index is 15.3. The molecule has 4 aromatic carbocycles. The van der Waals surface area contributed by atoms with Crippen molar-refractivity contribution in [2.75, 3.05) is 6.61 Å². The molecule has 0 saturated carbocycles. The first kappa shape index (κ1) is 29.1. The predicted molar refractivity (Wildman–Crippen MR) is 167 cm³/mol. The molecule has 0 bridgehead atoms. The van der Waals surface area contributed by atoms with E-state index in [0.717, 1.165) is 28.1 Å². The molecule has 1 aliphatic rings. The van der Waals surface area contributed by atoms with Crippen LogP contribution >= 0.6 is 0 Å². The van der Waals surface area contributed by atoms with E-state index < -0.39 is 33.0 Å². The van der Waals surface area contributed by atoms with Crippen molar-refractivity contribution in [2.45, 2.75) is 44.7 Å². The summed E-state index contributed by atoms with van der Waals surface area (Å²) < 4.78 is 37.1. The van der Waals surface area contributed by atoms with Crippen LogP contribution in [0.15, 0.2) is 115 Å². The quantitative estimate of drug-likeness (QED) is 0.248. The van der Waals surface area contributed by atoms with E-state index in [1.807, 2.05) is 77.6 Å². The van der Waals surface area contributed by atoms with Crippen molar-refractivity contribution >= 4 is 31.3 Å². The van der Waals surface area contributed by atoms with Crippen LogP contribution in [0.2, 0.25) is 11.9 Å². The molecule has 1 heterocycles. The number of rotatable bonds is 8. The van der Waals surface area contributed by atoms with Crippen LogP contribution in [0.4, 0.5) is 8.78 Å². The Bertz CT molecular complexity index is 1450. The van der Waals surface area contributed by atoms with E-state index in [2.05, 4.69) is 45.0 Å². The molecule has 41 heavy (non-hydrogen) atoms. The van der Waals surface area contributed by atoms with E-state index in [4.69, 9.17) is 4.43 Å². The molecule has 0 aromatic heterocycles. The van der Waals surface area contributed by atoms with Crippen molar-refractivity contribution in [1.82, 2.24) is 4.81 Å². The molecule has 3 nitrogen and oxygen atoms in total. The van der Waals surface area contributed by atoms with Gasteiger partial charge in [-0.05, 0) is 51.6 Å². The summed E-state index contributed by atoms with van der Waals surface area (Å²) in [7, 11) is -3.82. The van der Waals surface area contributed by atoms with E-state index in [9.17, 15) is 9.41 Å². The van der Waals surface area contributed by atoms with E-state index in [1.54, 1.807) is 6.82 Å². The summed E-state index contributed by atoms with van der Waals surface area (Å²) in [6, 6.07) is 33.1. The van der Waals surface area contributed by atoms with Gasteiger partial charge in [-0.25, -0.2) is 8.78 Å². The summed E-state index contributed by atoms with van der Waals surface area (Å²) in [5.74, 6) is -1.02. The fraction of sp³-hybridized carbons (Fsp3) is 0.235. The standard InChI is InChI=1S/C34H36BF2NO2Si/c1-34(2,3)41(27-16-10-6-11-17-27,28-18-12-7-13-19-28)40-24-33-30(29-22-26(36)20-21-31(29)37)23-32(38(33)35(4)39)25-14-8-5-9-15-25/h5-23,32-33,39H,24H2,1-4H3. The third kappa shape index (κ3) is 5.60. The highest BCUT2D eigenvalue weighted by Crippen LogP contribution is 2.43. The van der Waals surface area contributed by atoms with E-state index in [0.29, 0.717) is 5.57 Å². The zero-order chi connectivity index (χ0) is 29.2. The van der Waals surface area contributed by atoms with Gasteiger partial charge < -0.3 is 9.45 Å². The topological polar surface area (TPSA) is 32.7 Å². The van der Waals surface area contributed by atoms with Crippen molar-refractivity contribution in [2.24, 2.45) is 0 Å². The third-order valence-electron chi connectivity index (χ3n) is 8.06. The van der Waals surface area contributed by atoms with Crippen molar-refractivity contribution in [3.8, 4) is 0 Å². The van der Waals surface area contributed by atoms with E-state index in [1.165, 1.54) is 6.07 Å². The van der Waals surface area contributed by atoms with Crippen LogP contribution in [0.3, 0.4) is 0 Å². The van der Waals surface area contributed by atoms with Crippen LogP contribution < -0.4 is 10.4 Å². The molecule has 1 aliphatic heterocycles. The second-order valence-corrected chi connectivity index (χ2v) is 16.0. The lowest BCUT2D eigenvalue weighted by atomic mass is 9.81. The Hall–Kier alpha value is -3.36. The number of halogens is 2. The molecule has 7 heteroatoms. The van der Waals surface area contributed by atoms with Crippen LogP contribution in [0.25, 0.3) is 5.57 Å². The molecule has 5 rings (SSSR count). The maximum Gasteiger partial charge on any atom is 0.377 e. The van der Waals surface area contributed by atoms with Crippen LogP contribution in [-0.4, -0.2) is 37.9 Å². The summed E-state index contributed by atoms with van der Waals surface area (Å²) in [5, 5.41) is 13.1. The summed E-state index contributed by atoms with van der Waals surface area (Å²) in [5.41, 5.74) is 1.75. The Labute approximate surface area is 243 Å². The molecule has 0 spiro atoms. The van der Waals surface area contributed by atoms with Gasteiger partial charge in [0.25, 0.3) is 8.32 Å². The van der Waals surface area contributed by atoms with Crippen LogP contribution in [0, 0.1) is 11.6 Å². The second-order valence-electron chi connectivity index (χ2n) is 11.7. The fourth-order valence-corrected chi connectivity index (χ4v) is 10.8. The summed E-state index contributed by atoms with van der Waals surface area (Å²) >= 11 is 0. The monoisotopic (exact) mass is 567 g/mol. The average Bonchev–Trinajstić information content (AvgIpc) is 3.35. The highest BCUT2D eigenvalue weighted by atomic mass is 28.4. The van der Waals surface area contributed by atoms with Gasteiger partial charge in [0.2, 0.25) is 0 Å². The molecule has 4 aromatic rings.